The Kier molecular flexibility index (Phi) is 4.06. The number of pyridine rings is 1. The van der Waals surface area contributed by atoms with Gasteiger partial charge in [0.25, 0.3) is 0 Å². The molecule has 0 radical (unpaired) electrons. The number of piperidine rings is 1. The average molecular weight is 290 g/mol. The zero-order valence-corrected chi connectivity index (χ0v) is 11.9. The van der Waals surface area contributed by atoms with Crippen LogP contribution in [0.4, 0.5) is 5.95 Å². The predicted octanol–water partition coefficient (Wildman–Crippen LogP) is 2.50. The lowest BCUT2D eigenvalue weighted by Gasteiger charge is -2.26. The van der Waals surface area contributed by atoms with Crippen molar-refractivity contribution in [2.24, 2.45) is 0 Å². The maximum absolute atomic E-state index is 6.03. The van der Waals surface area contributed by atoms with E-state index in [4.69, 9.17) is 11.6 Å². The molecule has 1 aliphatic rings. The van der Waals surface area contributed by atoms with Crippen LogP contribution in [0.2, 0.25) is 5.28 Å². The molecule has 0 aliphatic carbocycles. The van der Waals surface area contributed by atoms with Crippen LogP contribution in [0.3, 0.4) is 0 Å². The third kappa shape index (κ3) is 3.22. The number of anilines is 1. The molecule has 1 fully saturated rings. The van der Waals surface area contributed by atoms with Gasteiger partial charge in [-0.05, 0) is 43.0 Å². The Morgan fingerprint density at radius 2 is 1.90 bits per heavy atom. The van der Waals surface area contributed by atoms with Crippen molar-refractivity contribution in [2.75, 3.05) is 18.0 Å². The first-order chi connectivity index (χ1) is 9.81. The quantitative estimate of drug-likeness (QED) is 0.869. The molecule has 0 bridgehead atoms. The molecule has 6 heteroatoms. The molecule has 3 heterocycles. The molecular formula is C14H16ClN5. The van der Waals surface area contributed by atoms with Gasteiger partial charge in [-0.25, -0.2) is 4.98 Å². The van der Waals surface area contributed by atoms with Crippen LogP contribution in [0.15, 0.2) is 24.4 Å². The van der Waals surface area contributed by atoms with Crippen LogP contribution in [0.5, 0.6) is 0 Å². The largest absolute Gasteiger partial charge is 0.341 e. The summed E-state index contributed by atoms with van der Waals surface area (Å²) in [5.74, 6) is 1.36. The van der Waals surface area contributed by atoms with Crippen LogP contribution in [-0.4, -0.2) is 33.0 Å². The number of aromatic nitrogens is 4. The summed E-state index contributed by atoms with van der Waals surface area (Å²) in [6.07, 6.45) is 5.97. The van der Waals surface area contributed by atoms with Gasteiger partial charge in [0.1, 0.15) is 5.82 Å². The van der Waals surface area contributed by atoms with E-state index in [1.807, 2.05) is 18.2 Å². The van der Waals surface area contributed by atoms with Crippen LogP contribution in [0.25, 0.3) is 0 Å². The van der Waals surface area contributed by atoms with E-state index in [9.17, 15) is 0 Å². The molecule has 0 N–H and O–H groups in total. The third-order valence-corrected chi connectivity index (χ3v) is 3.52. The van der Waals surface area contributed by atoms with Crippen LogP contribution < -0.4 is 4.90 Å². The molecule has 104 valence electrons. The van der Waals surface area contributed by atoms with Gasteiger partial charge >= 0.3 is 0 Å². The molecule has 0 spiro atoms. The Bertz CT molecular complexity index is 569. The monoisotopic (exact) mass is 289 g/mol. The van der Waals surface area contributed by atoms with Crippen molar-refractivity contribution in [1.82, 2.24) is 19.9 Å². The van der Waals surface area contributed by atoms with E-state index < -0.39 is 0 Å². The lowest BCUT2D eigenvalue weighted by atomic mass is 10.1. The Hall–Kier alpha value is -1.75. The predicted molar refractivity (Wildman–Crippen MR) is 77.9 cm³/mol. The molecule has 1 saturated heterocycles. The molecule has 0 aromatic carbocycles. The normalized spacial score (nSPS) is 15.3. The number of rotatable bonds is 3. The summed E-state index contributed by atoms with van der Waals surface area (Å²) < 4.78 is 0. The van der Waals surface area contributed by atoms with E-state index in [-0.39, 0.29) is 5.28 Å². The van der Waals surface area contributed by atoms with Gasteiger partial charge in [-0.2, -0.15) is 9.97 Å². The van der Waals surface area contributed by atoms with Crippen LogP contribution in [0, 0.1) is 0 Å². The van der Waals surface area contributed by atoms with Gasteiger partial charge < -0.3 is 4.90 Å². The fraction of sp³-hybridized carbons (Fsp3) is 0.429. The van der Waals surface area contributed by atoms with E-state index >= 15 is 0 Å². The van der Waals surface area contributed by atoms with E-state index in [2.05, 4.69) is 24.8 Å². The SMILES string of the molecule is Clc1nc(Cc2ccccn2)nc(N2CCCCC2)n1. The molecule has 5 nitrogen and oxygen atoms in total. The van der Waals surface area contributed by atoms with Crippen LogP contribution in [-0.2, 0) is 6.42 Å². The molecule has 0 unspecified atom stereocenters. The van der Waals surface area contributed by atoms with Gasteiger partial charge in [0.05, 0.1) is 6.42 Å². The summed E-state index contributed by atoms with van der Waals surface area (Å²) >= 11 is 6.03. The summed E-state index contributed by atoms with van der Waals surface area (Å²) in [5, 5.41) is 0.256. The fourth-order valence-corrected chi connectivity index (χ4v) is 2.53. The second-order valence-corrected chi connectivity index (χ2v) is 5.20. The molecule has 0 atom stereocenters. The van der Waals surface area contributed by atoms with Crippen molar-refractivity contribution >= 4 is 17.5 Å². The second-order valence-electron chi connectivity index (χ2n) is 4.87. The average Bonchev–Trinajstić information content (AvgIpc) is 2.49. The van der Waals surface area contributed by atoms with E-state index in [0.717, 1.165) is 18.8 Å². The molecule has 0 saturated carbocycles. The van der Waals surface area contributed by atoms with Crippen molar-refractivity contribution in [3.8, 4) is 0 Å². The fourth-order valence-electron chi connectivity index (χ4n) is 2.36. The topological polar surface area (TPSA) is 54.8 Å². The summed E-state index contributed by atoms with van der Waals surface area (Å²) in [5.41, 5.74) is 0.930. The lowest BCUT2D eigenvalue weighted by molar-refractivity contribution is 0.566. The molecule has 20 heavy (non-hydrogen) atoms. The van der Waals surface area contributed by atoms with Crippen molar-refractivity contribution in [2.45, 2.75) is 25.7 Å². The summed E-state index contributed by atoms with van der Waals surface area (Å²) in [4.78, 5) is 19.4. The first-order valence-corrected chi connectivity index (χ1v) is 7.24. The van der Waals surface area contributed by atoms with Crippen molar-refractivity contribution in [1.29, 1.82) is 0 Å². The van der Waals surface area contributed by atoms with Gasteiger partial charge in [0.2, 0.25) is 11.2 Å². The smallest absolute Gasteiger partial charge is 0.229 e. The zero-order valence-electron chi connectivity index (χ0n) is 11.2. The van der Waals surface area contributed by atoms with Crippen molar-refractivity contribution in [3.63, 3.8) is 0 Å². The zero-order chi connectivity index (χ0) is 13.8. The minimum Gasteiger partial charge on any atom is -0.341 e. The minimum absolute atomic E-state index is 0.256. The molecule has 3 rings (SSSR count). The number of hydrogen-bond acceptors (Lipinski definition) is 5. The minimum atomic E-state index is 0.256. The molecular weight excluding hydrogens is 274 g/mol. The first kappa shape index (κ1) is 13.2. The Labute approximate surface area is 123 Å². The van der Waals surface area contributed by atoms with Crippen LogP contribution in [0.1, 0.15) is 30.8 Å². The molecule has 2 aromatic rings. The summed E-state index contributed by atoms with van der Waals surface area (Å²) in [7, 11) is 0. The highest BCUT2D eigenvalue weighted by Gasteiger charge is 2.15. The van der Waals surface area contributed by atoms with E-state index in [1.54, 1.807) is 6.20 Å². The van der Waals surface area contributed by atoms with E-state index in [1.165, 1.54) is 19.3 Å². The van der Waals surface area contributed by atoms with Gasteiger partial charge in [0.15, 0.2) is 0 Å². The maximum atomic E-state index is 6.03. The summed E-state index contributed by atoms with van der Waals surface area (Å²) in [6.45, 7) is 1.98. The third-order valence-electron chi connectivity index (χ3n) is 3.35. The van der Waals surface area contributed by atoms with Gasteiger partial charge in [-0.15, -0.1) is 0 Å². The number of nitrogens with zero attached hydrogens (tertiary/aromatic N) is 5. The van der Waals surface area contributed by atoms with Crippen LogP contribution >= 0.6 is 11.6 Å². The standard InChI is InChI=1S/C14H16ClN5/c15-13-17-12(10-11-6-2-3-7-16-11)18-14(19-13)20-8-4-1-5-9-20/h2-3,6-7H,1,4-5,8-10H2. The highest BCUT2D eigenvalue weighted by Crippen LogP contribution is 2.17. The molecule has 0 amide bonds. The molecule has 1 aliphatic heterocycles. The van der Waals surface area contributed by atoms with Crippen molar-refractivity contribution < 1.29 is 0 Å². The molecule has 2 aromatic heterocycles. The van der Waals surface area contributed by atoms with Gasteiger partial charge in [0, 0.05) is 25.0 Å². The maximum Gasteiger partial charge on any atom is 0.229 e. The van der Waals surface area contributed by atoms with E-state index in [0.29, 0.717) is 18.2 Å². The highest BCUT2D eigenvalue weighted by atomic mass is 35.5. The second kappa shape index (κ2) is 6.13. The first-order valence-electron chi connectivity index (χ1n) is 6.86. The Morgan fingerprint density at radius 3 is 2.65 bits per heavy atom. The van der Waals surface area contributed by atoms with Crippen molar-refractivity contribution in [3.05, 3.63) is 41.2 Å². The Balaban J connectivity index is 1.82. The summed E-state index contributed by atoms with van der Waals surface area (Å²) in [6, 6.07) is 5.80. The van der Waals surface area contributed by atoms with Gasteiger partial charge in [-0.1, -0.05) is 6.07 Å². The van der Waals surface area contributed by atoms with Gasteiger partial charge in [-0.3, -0.25) is 4.98 Å². The number of halogens is 1. The Morgan fingerprint density at radius 1 is 1.05 bits per heavy atom. The number of hydrogen-bond donors (Lipinski definition) is 0. The highest BCUT2D eigenvalue weighted by molar-refractivity contribution is 6.28. The lowest BCUT2D eigenvalue weighted by Crippen LogP contribution is -2.31.